The zero-order chi connectivity index (χ0) is 15.8. The quantitative estimate of drug-likeness (QED) is 0.433. The summed E-state index contributed by atoms with van der Waals surface area (Å²) in [5, 5.41) is 20.0. The van der Waals surface area contributed by atoms with E-state index in [4.69, 9.17) is 4.74 Å². The number of rotatable bonds is 7. The number of carbonyl (C=O) groups excluding carboxylic acids is 1. The molecule has 0 heterocycles. The van der Waals surface area contributed by atoms with Crippen molar-refractivity contribution in [1.29, 1.82) is 5.26 Å². The summed E-state index contributed by atoms with van der Waals surface area (Å²) in [4.78, 5) is 23.2. The van der Waals surface area contributed by atoms with Crippen LogP contribution in [0.2, 0.25) is 0 Å². The highest BCUT2D eigenvalue weighted by Gasteiger charge is 2.19. The summed E-state index contributed by atoms with van der Waals surface area (Å²) in [5.41, 5.74) is 0.463. The minimum atomic E-state index is -0.653. The van der Waals surface area contributed by atoms with Crippen LogP contribution in [0.15, 0.2) is 24.3 Å². The van der Waals surface area contributed by atoms with Crippen molar-refractivity contribution in [3.63, 3.8) is 0 Å². The van der Waals surface area contributed by atoms with Gasteiger partial charge in [-0.1, -0.05) is 12.1 Å². The van der Waals surface area contributed by atoms with E-state index in [-0.39, 0.29) is 18.1 Å². The third kappa shape index (κ3) is 4.85. The second-order valence-electron chi connectivity index (χ2n) is 4.42. The third-order valence-corrected chi connectivity index (χ3v) is 2.93. The molecule has 0 saturated carbocycles. The van der Waals surface area contributed by atoms with Gasteiger partial charge < -0.3 is 4.74 Å². The predicted molar refractivity (Wildman–Crippen MR) is 75.3 cm³/mol. The zero-order valence-corrected chi connectivity index (χ0v) is 12.0. The Labute approximate surface area is 122 Å². The predicted octanol–water partition coefficient (Wildman–Crippen LogP) is 2.04. The van der Waals surface area contributed by atoms with Crippen LogP contribution in [0.5, 0.6) is 0 Å². The van der Waals surface area contributed by atoms with Gasteiger partial charge in [-0.15, -0.1) is 0 Å². The van der Waals surface area contributed by atoms with E-state index in [9.17, 15) is 20.2 Å². The Bertz CT molecular complexity index is 553. The molecule has 0 radical (unpaired) electrons. The molecule has 0 aliphatic rings. The minimum Gasteiger partial charge on any atom is -0.466 e. The maximum Gasteiger partial charge on any atom is 0.307 e. The maximum absolute atomic E-state index is 11.3. The number of nitro benzene ring substituents is 1. The van der Waals surface area contributed by atoms with Gasteiger partial charge >= 0.3 is 5.97 Å². The number of nitrogens with zero attached hydrogens (tertiary/aromatic N) is 3. The molecule has 0 N–H and O–H groups in total. The van der Waals surface area contributed by atoms with Crippen LogP contribution in [0.4, 0.5) is 5.69 Å². The summed E-state index contributed by atoms with van der Waals surface area (Å²) in [6, 6.07) is 7.37. The first-order valence-electron chi connectivity index (χ1n) is 6.49. The normalized spacial score (nSPS) is 11.7. The molecule has 0 aliphatic heterocycles. The number of hydrogen-bond acceptors (Lipinski definition) is 6. The summed E-state index contributed by atoms with van der Waals surface area (Å²) < 4.78 is 4.82. The van der Waals surface area contributed by atoms with Crippen LogP contribution >= 0.6 is 0 Å². The standard InChI is InChI=1S/C14H17N3O4/c1-3-21-14(18)7-8-16(2)13(10-15)11-5-4-6-12(9-11)17(19)20/h4-6,9,13H,3,7-8H2,1-2H3. The summed E-state index contributed by atoms with van der Waals surface area (Å²) in [5.74, 6) is -0.333. The Morgan fingerprint density at radius 1 is 1.57 bits per heavy atom. The Morgan fingerprint density at radius 3 is 2.86 bits per heavy atom. The fourth-order valence-electron chi connectivity index (χ4n) is 1.87. The van der Waals surface area contributed by atoms with Gasteiger partial charge in [0.15, 0.2) is 0 Å². The van der Waals surface area contributed by atoms with Gasteiger partial charge in [-0.3, -0.25) is 19.8 Å². The van der Waals surface area contributed by atoms with Crippen molar-refractivity contribution in [2.24, 2.45) is 0 Å². The molecule has 0 aromatic heterocycles. The van der Waals surface area contributed by atoms with Gasteiger partial charge in [0, 0.05) is 18.7 Å². The lowest BCUT2D eigenvalue weighted by molar-refractivity contribution is -0.384. The van der Waals surface area contributed by atoms with E-state index in [1.165, 1.54) is 18.2 Å². The van der Waals surface area contributed by atoms with Gasteiger partial charge in [-0.05, 0) is 19.5 Å². The van der Waals surface area contributed by atoms with Crippen molar-refractivity contribution in [2.45, 2.75) is 19.4 Å². The Morgan fingerprint density at radius 2 is 2.29 bits per heavy atom. The van der Waals surface area contributed by atoms with Crippen LogP contribution in [0.3, 0.4) is 0 Å². The van der Waals surface area contributed by atoms with E-state index < -0.39 is 11.0 Å². The van der Waals surface area contributed by atoms with Gasteiger partial charge in [0.05, 0.1) is 24.0 Å². The molecule has 1 aromatic carbocycles. The molecule has 7 nitrogen and oxygen atoms in total. The number of hydrogen-bond donors (Lipinski definition) is 0. The van der Waals surface area contributed by atoms with Crippen LogP contribution < -0.4 is 0 Å². The van der Waals surface area contributed by atoms with Crippen LogP contribution in [-0.2, 0) is 9.53 Å². The van der Waals surface area contributed by atoms with Gasteiger partial charge in [-0.2, -0.15) is 5.26 Å². The van der Waals surface area contributed by atoms with Crippen molar-refractivity contribution < 1.29 is 14.5 Å². The SMILES string of the molecule is CCOC(=O)CCN(C)C(C#N)c1cccc([N+](=O)[O-])c1. The van der Waals surface area contributed by atoms with Gasteiger partial charge in [0.2, 0.25) is 0 Å². The number of esters is 1. The van der Waals surface area contributed by atoms with Gasteiger partial charge in [0.1, 0.15) is 6.04 Å². The molecule has 0 spiro atoms. The highest BCUT2D eigenvalue weighted by Crippen LogP contribution is 2.23. The Balaban J connectivity index is 2.78. The summed E-state index contributed by atoms with van der Waals surface area (Å²) >= 11 is 0. The summed E-state index contributed by atoms with van der Waals surface area (Å²) in [7, 11) is 1.69. The topological polar surface area (TPSA) is 96.5 Å². The molecular weight excluding hydrogens is 274 g/mol. The van der Waals surface area contributed by atoms with E-state index >= 15 is 0 Å². The average Bonchev–Trinajstić information content (AvgIpc) is 2.46. The monoisotopic (exact) mass is 291 g/mol. The van der Waals surface area contributed by atoms with Crippen LogP contribution in [0, 0.1) is 21.4 Å². The number of benzene rings is 1. The van der Waals surface area contributed by atoms with Gasteiger partial charge in [-0.25, -0.2) is 0 Å². The first-order chi connectivity index (χ1) is 9.99. The molecule has 0 bridgehead atoms. The van der Waals surface area contributed by atoms with E-state index in [0.29, 0.717) is 18.7 Å². The first-order valence-corrected chi connectivity index (χ1v) is 6.49. The highest BCUT2D eigenvalue weighted by molar-refractivity contribution is 5.69. The lowest BCUT2D eigenvalue weighted by Gasteiger charge is -2.22. The minimum absolute atomic E-state index is 0.0634. The smallest absolute Gasteiger partial charge is 0.307 e. The number of nitriles is 1. The molecule has 0 amide bonds. The summed E-state index contributed by atoms with van der Waals surface area (Å²) in [6.07, 6.45) is 0.164. The number of non-ortho nitro benzene ring substituents is 1. The second kappa shape index (κ2) is 7.97. The molecule has 0 fully saturated rings. The molecule has 1 atom stereocenters. The lowest BCUT2D eigenvalue weighted by Crippen LogP contribution is -2.26. The third-order valence-electron chi connectivity index (χ3n) is 2.93. The number of ether oxygens (including phenoxy) is 1. The van der Waals surface area contributed by atoms with Gasteiger partial charge in [0.25, 0.3) is 5.69 Å². The molecule has 1 unspecified atom stereocenters. The Hall–Kier alpha value is -2.46. The molecule has 0 aliphatic carbocycles. The lowest BCUT2D eigenvalue weighted by atomic mass is 10.1. The molecule has 21 heavy (non-hydrogen) atoms. The maximum atomic E-state index is 11.3. The molecular formula is C14H17N3O4. The summed E-state index contributed by atoms with van der Waals surface area (Å²) in [6.45, 7) is 2.37. The van der Waals surface area contributed by atoms with Crippen LogP contribution in [0.25, 0.3) is 0 Å². The number of nitro groups is 1. The van der Waals surface area contributed by atoms with Crippen molar-refractivity contribution in [3.8, 4) is 6.07 Å². The first kappa shape index (κ1) is 16.6. The fourth-order valence-corrected chi connectivity index (χ4v) is 1.87. The van der Waals surface area contributed by atoms with Crippen molar-refractivity contribution >= 4 is 11.7 Å². The van der Waals surface area contributed by atoms with E-state index in [1.54, 1.807) is 24.9 Å². The molecule has 112 valence electrons. The van der Waals surface area contributed by atoms with Crippen molar-refractivity contribution in [1.82, 2.24) is 4.90 Å². The van der Waals surface area contributed by atoms with Crippen molar-refractivity contribution in [2.75, 3.05) is 20.2 Å². The average molecular weight is 291 g/mol. The van der Waals surface area contributed by atoms with Crippen molar-refractivity contribution in [3.05, 3.63) is 39.9 Å². The molecule has 7 heteroatoms. The largest absolute Gasteiger partial charge is 0.466 e. The second-order valence-corrected chi connectivity index (χ2v) is 4.42. The number of carbonyl (C=O) groups is 1. The van der Waals surface area contributed by atoms with E-state index in [0.717, 1.165) is 0 Å². The zero-order valence-electron chi connectivity index (χ0n) is 12.0. The van der Waals surface area contributed by atoms with E-state index in [1.807, 2.05) is 0 Å². The van der Waals surface area contributed by atoms with Crippen LogP contribution in [-0.4, -0.2) is 36.0 Å². The molecule has 0 saturated heterocycles. The van der Waals surface area contributed by atoms with E-state index in [2.05, 4.69) is 6.07 Å². The molecule has 1 aromatic rings. The molecule has 1 rings (SSSR count). The van der Waals surface area contributed by atoms with Crippen LogP contribution in [0.1, 0.15) is 24.9 Å². The Kier molecular flexibility index (Phi) is 6.30. The fraction of sp³-hybridized carbons (Fsp3) is 0.429. The highest BCUT2D eigenvalue weighted by atomic mass is 16.6.